The summed E-state index contributed by atoms with van der Waals surface area (Å²) < 4.78 is 5.32. The van der Waals surface area contributed by atoms with Gasteiger partial charge in [0.15, 0.2) is 0 Å². The van der Waals surface area contributed by atoms with Crippen LogP contribution in [0.1, 0.15) is 40.0 Å². The van der Waals surface area contributed by atoms with Crippen molar-refractivity contribution in [1.82, 2.24) is 0 Å². The van der Waals surface area contributed by atoms with Crippen molar-refractivity contribution >= 4 is 14.0 Å². The van der Waals surface area contributed by atoms with Crippen LogP contribution < -0.4 is 0 Å². The summed E-state index contributed by atoms with van der Waals surface area (Å²) in [6.45, 7) is 10.1. The normalized spacial score (nSPS) is 11.2. The van der Waals surface area contributed by atoms with Crippen LogP contribution in [0.15, 0.2) is 12.7 Å². The van der Waals surface area contributed by atoms with Gasteiger partial charge in [-0.15, -0.1) is 0 Å². The smallest absolute Gasteiger partial charge is 0.329 e. The molecule has 0 aliphatic carbocycles. The molecule has 3 heteroatoms. The van der Waals surface area contributed by atoms with Gasteiger partial charge in [0, 0.05) is 6.08 Å². The molecule has 0 aromatic carbocycles. The fourth-order valence-corrected chi connectivity index (χ4v) is 7.28. The summed E-state index contributed by atoms with van der Waals surface area (Å²) in [6.07, 6.45) is 5.57. The van der Waals surface area contributed by atoms with E-state index >= 15 is 0 Å². The summed E-state index contributed by atoms with van der Waals surface area (Å²) in [6, 6.07) is 3.83. The van der Waals surface area contributed by atoms with Crippen LogP contribution in [0.25, 0.3) is 0 Å². The zero-order valence-electron chi connectivity index (χ0n) is 11.1. The molecule has 16 heavy (non-hydrogen) atoms. The summed E-state index contributed by atoms with van der Waals surface area (Å²) in [4.78, 5) is 11.2. The van der Waals surface area contributed by atoms with Crippen molar-refractivity contribution in [3.05, 3.63) is 12.7 Å². The highest BCUT2D eigenvalue weighted by atomic mass is 28.3. The average Bonchev–Trinajstić information content (AvgIpc) is 2.27. The Balaban J connectivity index is 4.45. The number of rotatable bonds is 9. The molecule has 0 radical (unpaired) electrons. The first kappa shape index (κ1) is 15.4. The van der Waals surface area contributed by atoms with Gasteiger partial charge in [-0.25, -0.2) is 4.79 Å². The molecule has 0 amide bonds. The third kappa shape index (κ3) is 5.49. The molecule has 0 heterocycles. The summed E-state index contributed by atoms with van der Waals surface area (Å²) in [5, 5.41) is 0. The summed E-state index contributed by atoms with van der Waals surface area (Å²) >= 11 is 0. The highest BCUT2D eigenvalue weighted by Gasteiger charge is 2.31. The van der Waals surface area contributed by atoms with Gasteiger partial charge in [0.25, 0.3) is 0 Å². The Morgan fingerprint density at radius 2 is 1.56 bits per heavy atom. The molecule has 0 aliphatic heterocycles. The van der Waals surface area contributed by atoms with Gasteiger partial charge in [-0.3, -0.25) is 0 Å². The van der Waals surface area contributed by atoms with Gasteiger partial charge in [-0.05, 0) is 0 Å². The molecule has 0 atom stereocenters. The number of esters is 1. The van der Waals surface area contributed by atoms with Crippen LogP contribution >= 0.6 is 0 Å². The lowest BCUT2D eigenvalue weighted by Crippen LogP contribution is -2.40. The molecular formula is C13H26O2Si. The Labute approximate surface area is 101 Å². The third-order valence-electron chi connectivity index (χ3n) is 3.03. The molecular weight excluding hydrogens is 216 g/mol. The number of ether oxygens (including phenoxy) is 1. The van der Waals surface area contributed by atoms with Crippen molar-refractivity contribution in [2.75, 3.05) is 6.23 Å². The second-order valence-electron chi connectivity index (χ2n) is 4.56. The summed E-state index contributed by atoms with van der Waals surface area (Å²) in [5.74, 6) is -0.264. The zero-order chi connectivity index (χ0) is 12.4. The number of hydrogen-bond donors (Lipinski definition) is 0. The third-order valence-corrected chi connectivity index (χ3v) is 8.47. The molecule has 2 nitrogen and oxygen atoms in total. The SMILES string of the molecule is C=CC(=O)OC[Si](CCC)(CCC)CCC. The zero-order valence-corrected chi connectivity index (χ0v) is 12.1. The maximum Gasteiger partial charge on any atom is 0.329 e. The van der Waals surface area contributed by atoms with Crippen molar-refractivity contribution in [2.45, 2.75) is 58.2 Å². The molecule has 0 spiro atoms. The topological polar surface area (TPSA) is 26.3 Å². The second kappa shape index (κ2) is 8.56. The lowest BCUT2D eigenvalue weighted by molar-refractivity contribution is -0.136. The Bertz CT molecular complexity index is 197. The standard InChI is InChI=1S/C13H26O2Si/c1-5-9-16(10-6-2,11-7-3)12-15-13(14)8-4/h8H,4-7,9-12H2,1-3H3. The van der Waals surface area contributed by atoms with Gasteiger partial charge in [0.2, 0.25) is 0 Å². The first-order chi connectivity index (χ1) is 7.64. The predicted molar refractivity (Wildman–Crippen MR) is 72.2 cm³/mol. The van der Waals surface area contributed by atoms with E-state index in [2.05, 4.69) is 27.4 Å². The van der Waals surface area contributed by atoms with Crippen LogP contribution in [0.4, 0.5) is 0 Å². The van der Waals surface area contributed by atoms with Gasteiger partial charge >= 0.3 is 5.97 Å². The monoisotopic (exact) mass is 242 g/mol. The summed E-state index contributed by atoms with van der Waals surface area (Å²) in [5.41, 5.74) is 0. The van der Waals surface area contributed by atoms with Crippen LogP contribution in [0.2, 0.25) is 18.1 Å². The van der Waals surface area contributed by atoms with Crippen molar-refractivity contribution in [1.29, 1.82) is 0 Å². The quantitative estimate of drug-likeness (QED) is 0.348. The molecule has 0 aromatic heterocycles. The maximum absolute atomic E-state index is 11.2. The van der Waals surface area contributed by atoms with Crippen LogP contribution in [-0.4, -0.2) is 20.3 Å². The molecule has 0 bridgehead atoms. The largest absolute Gasteiger partial charge is 0.466 e. The van der Waals surface area contributed by atoms with Crippen LogP contribution in [0.3, 0.4) is 0 Å². The highest BCUT2D eigenvalue weighted by molar-refractivity contribution is 6.79. The van der Waals surface area contributed by atoms with E-state index in [1.165, 1.54) is 43.5 Å². The molecule has 0 fully saturated rings. The van der Waals surface area contributed by atoms with Crippen molar-refractivity contribution < 1.29 is 9.53 Å². The van der Waals surface area contributed by atoms with Gasteiger partial charge < -0.3 is 4.74 Å². The van der Waals surface area contributed by atoms with Crippen LogP contribution in [0.5, 0.6) is 0 Å². The van der Waals surface area contributed by atoms with E-state index in [0.29, 0.717) is 6.23 Å². The summed E-state index contributed by atoms with van der Waals surface area (Å²) in [7, 11) is -1.37. The average molecular weight is 242 g/mol. The van der Waals surface area contributed by atoms with Gasteiger partial charge in [-0.1, -0.05) is 64.7 Å². The first-order valence-corrected chi connectivity index (χ1v) is 9.26. The number of carbonyl (C=O) groups is 1. The van der Waals surface area contributed by atoms with E-state index in [4.69, 9.17) is 4.74 Å². The fraction of sp³-hybridized carbons (Fsp3) is 0.769. The minimum Gasteiger partial charge on any atom is -0.466 e. The fourth-order valence-electron chi connectivity index (χ4n) is 2.47. The Kier molecular flexibility index (Phi) is 8.26. The molecule has 0 N–H and O–H groups in total. The van der Waals surface area contributed by atoms with Gasteiger partial charge in [0.05, 0.1) is 14.3 Å². The van der Waals surface area contributed by atoms with Crippen molar-refractivity contribution in [3.8, 4) is 0 Å². The Hall–Kier alpha value is -0.573. The van der Waals surface area contributed by atoms with E-state index in [9.17, 15) is 4.79 Å². The molecule has 0 unspecified atom stereocenters. The maximum atomic E-state index is 11.2. The van der Waals surface area contributed by atoms with Crippen molar-refractivity contribution in [2.24, 2.45) is 0 Å². The van der Waals surface area contributed by atoms with Crippen molar-refractivity contribution in [3.63, 3.8) is 0 Å². The molecule has 0 saturated carbocycles. The highest BCUT2D eigenvalue weighted by Crippen LogP contribution is 2.26. The van der Waals surface area contributed by atoms with E-state index in [1.54, 1.807) is 0 Å². The minimum absolute atomic E-state index is 0.264. The van der Waals surface area contributed by atoms with Gasteiger partial charge in [-0.2, -0.15) is 0 Å². The second-order valence-corrected chi connectivity index (χ2v) is 9.35. The van der Waals surface area contributed by atoms with Crippen LogP contribution in [0, 0.1) is 0 Å². The minimum atomic E-state index is -1.37. The van der Waals surface area contributed by atoms with E-state index < -0.39 is 8.07 Å². The van der Waals surface area contributed by atoms with E-state index in [-0.39, 0.29) is 5.97 Å². The molecule has 94 valence electrons. The molecule has 0 aliphatic rings. The lowest BCUT2D eigenvalue weighted by atomic mass is 10.5. The van der Waals surface area contributed by atoms with Crippen LogP contribution in [-0.2, 0) is 9.53 Å². The molecule has 0 rings (SSSR count). The lowest BCUT2D eigenvalue weighted by Gasteiger charge is -2.30. The predicted octanol–water partition coefficient (Wildman–Crippen LogP) is 3.93. The van der Waals surface area contributed by atoms with E-state index in [1.807, 2.05) is 0 Å². The van der Waals surface area contributed by atoms with Gasteiger partial charge in [0.1, 0.15) is 0 Å². The Morgan fingerprint density at radius 1 is 1.12 bits per heavy atom. The molecule has 0 saturated heterocycles. The molecule has 0 aromatic rings. The number of carbonyl (C=O) groups excluding carboxylic acids is 1. The van der Waals surface area contributed by atoms with E-state index in [0.717, 1.165) is 0 Å². The Morgan fingerprint density at radius 3 is 1.88 bits per heavy atom. The number of hydrogen-bond acceptors (Lipinski definition) is 2. The first-order valence-electron chi connectivity index (χ1n) is 6.43.